The molecule has 2 aromatic heterocycles. The molecule has 0 N–H and O–H groups in total. The highest BCUT2D eigenvalue weighted by Crippen LogP contribution is 2.16. The number of thiophene rings is 1. The van der Waals surface area contributed by atoms with E-state index in [2.05, 4.69) is 18.4 Å². The van der Waals surface area contributed by atoms with E-state index in [-0.39, 0.29) is 5.91 Å². The van der Waals surface area contributed by atoms with Crippen LogP contribution in [-0.2, 0) is 13.0 Å². The molecule has 0 bridgehead atoms. The molecule has 0 atom stereocenters. The first kappa shape index (κ1) is 16.5. The lowest BCUT2D eigenvalue weighted by molar-refractivity contribution is 0.0745. The number of amides is 1. The van der Waals surface area contributed by atoms with Gasteiger partial charge in [0.2, 0.25) is 0 Å². The summed E-state index contributed by atoms with van der Waals surface area (Å²) >= 11 is 1.73. The Morgan fingerprint density at radius 1 is 1.17 bits per heavy atom. The smallest absolute Gasteiger partial charge is 0.254 e. The van der Waals surface area contributed by atoms with Gasteiger partial charge >= 0.3 is 0 Å². The summed E-state index contributed by atoms with van der Waals surface area (Å²) in [6.45, 7) is 5.35. The average molecular weight is 339 g/mol. The zero-order valence-corrected chi connectivity index (χ0v) is 14.8. The molecule has 3 rings (SSSR count). The lowest BCUT2D eigenvalue weighted by atomic mass is 10.1. The van der Waals surface area contributed by atoms with Crippen molar-refractivity contribution in [1.29, 1.82) is 0 Å². The second-order valence-corrected chi connectivity index (χ2v) is 7.02. The molecule has 124 valence electrons. The summed E-state index contributed by atoms with van der Waals surface area (Å²) in [4.78, 5) is 16.2. The molecule has 3 nitrogen and oxygen atoms in total. The molecule has 24 heavy (non-hydrogen) atoms. The molecule has 0 fully saturated rings. The molecule has 2 heterocycles. The zero-order chi connectivity index (χ0) is 16.9. The van der Waals surface area contributed by atoms with Gasteiger partial charge in [-0.25, -0.2) is 0 Å². The Bertz CT molecular complexity index is 791. The summed E-state index contributed by atoms with van der Waals surface area (Å²) in [5.41, 5.74) is 4.10. The third kappa shape index (κ3) is 3.95. The molecule has 1 amide bonds. The van der Waals surface area contributed by atoms with E-state index in [1.165, 1.54) is 10.4 Å². The van der Waals surface area contributed by atoms with E-state index in [0.717, 1.165) is 23.1 Å². The Morgan fingerprint density at radius 2 is 2.04 bits per heavy atom. The number of hydrogen-bond acceptors (Lipinski definition) is 3. The number of carbonyl (C=O) groups is 1. The van der Waals surface area contributed by atoms with Gasteiger partial charge in [0.1, 0.15) is 0 Å². The zero-order valence-electron chi connectivity index (χ0n) is 14.0. The Morgan fingerprint density at radius 3 is 2.71 bits per heavy atom. The van der Waals surface area contributed by atoms with Crippen molar-refractivity contribution in [1.82, 2.24) is 4.90 Å². The molecular weight excluding hydrogens is 318 g/mol. The van der Waals surface area contributed by atoms with Crippen molar-refractivity contribution in [3.63, 3.8) is 0 Å². The summed E-state index contributed by atoms with van der Waals surface area (Å²) in [5, 5.41) is 2.07. The minimum atomic E-state index is 0.0656. The second kappa shape index (κ2) is 7.49. The van der Waals surface area contributed by atoms with Crippen molar-refractivity contribution < 1.29 is 9.21 Å². The van der Waals surface area contributed by atoms with Crippen LogP contribution in [0.15, 0.2) is 58.7 Å². The molecule has 0 saturated heterocycles. The van der Waals surface area contributed by atoms with Crippen molar-refractivity contribution in [2.24, 2.45) is 0 Å². The first-order valence-electron chi connectivity index (χ1n) is 8.03. The standard InChI is InChI=1S/C20H21NO2S/c1-15-5-6-18(12-16(15)2)20(22)21(13-17-8-10-23-14-17)9-7-19-4-3-11-24-19/h3-6,8,10-12,14H,7,9,13H2,1-2H3. The van der Waals surface area contributed by atoms with Gasteiger partial charge in [-0.3, -0.25) is 4.79 Å². The molecule has 0 saturated carbocycles. The van der Waals surface area contributed by atoms with E-state index in [1.54, 1.807) is 23.9 Å². The maximum atomic E-state index is 13.0. The van der Waals surface area contributed by atoms with E-state index >= 15 is 0 Å². The average Bonchev–Trinajstić information content (AvgIpc) is 3.26. The lowest BCUT2D eigenvalue weighted by Gasteiger charge is -2.22. The van der Waals surface area contributed by atoms with Crippen molar-refractivity contribution in [3.05, 3.63) is 81.4 Å². The first-order valence-corrected chi connectivity index (χ1v) is 8.91. The van der Waals surface area contributed by atoms with Crippen LogP contribution in [0.4, 0.5) is 0 Å². The third-order valence-electron chi connectivity index (χ3n) is 4.20. The Kier molecular flexibility index (Phi) is 5.16. The normalized spacial score (nSPS) is 10.8. The summed E-state index contributed by atoms with van der Waals surface area (Å²) in [7, 11) is 0. The monoisotopic (exact) mass is 339 g/mol. The number of nitrogens with zero attached hydrogens (tertiary/aromatic N) is 1. The van der Waals surface area contributed by atoms with Gasteiger partial charge < -0.3 is 9.32 Å². The largest absolute Gasteiger partial charge is 0.472 e. The van der Waals surface area contributed by atoms with Crippen molar-refractivity contribution in [2.45, 2.75) is 26.8 Å². The Hall–Kier alpha value is -2.33. The van der Waals surface area contributed by atoms with Crippen LogP contribution in [0.1, 0.15) is 31.9 Å². The first-order chi connectivity index (χ1) is 11.6. The molecule has 1 aromatic carbocycles. The van der Waals surface area contributed by atoms with E-state index in [0.29, 0.717) is 13.1 Å². The minimum Gasteiger partial charge on any atom is -0.472 e. The highest BCUT2D eigenvalue weighted by atomic mass is 32.1. The SMILES string of the molecule is Cc1ccc(C(=O)N(CCc2cccs2)Cc2ccoc2)cc1C. The predicted octanol–water partition coefficient (Wildman–Crippen LogP) is 4.84. The number of hydrogen-bond donors (Lipinski definition) is 0. The van der Waals surface area contributed by atoms with Crippen LogP contribution in [-0.4, -0.2) is 17.4 Å². The maximum Gasteiger partial charge on any atom is 0.254 e. The molecule has 0 spiro atoms. The van der Waals surface area contributed by atoms with Crippen LogP contribution in [0.3, 0.4) is 0 Å². The number of furan rings is 1. The van der Waals surface area contributed by atoms with Crippen LogP contribution < -0.4 is 0 Å². The van der Waals surface area contributed by atoms with Gasteiger partial charge in [-0.1, -0.05) is 12.1 Å². The number of carbonyl (C=O) groups excluding carboxylic acids is 1. The minimum absolute atomic E-state index is 0.0656. The van der Waals surface area contributed by atoms with E-state index in [1.807, 2.05) is 42.2 Å². The predicted molar refractivity (Wildman–Crippen MR) is 97.4 cm³/mol. The van der Waals surface area contributed by atoms with Gasteiger partial charge in [-0.15, -0.1) is 11.3 Å². The van der Waals surface area contributed by atoms with Gasteiger partial charge in [-0.05, 0) is 61.0 Å². The summed E-state index contributed by atoms with van der Waals surface area (Å²) in [6, 6.07) is 12.0. The molecular formula is C20H21NO2S. The van der Waals surface area contributed by atoms with E-state index in [9.17, 15) is 4.79 Å². The second-order valence-electron chi connectivity index (χ2n) is 5.99. The van der Waals surface area contributed by atoms with Crippen LogP contribution in [0, 0.1) is 13.8 Å². The quantitative estimate of drug-likeness (QED) is 0.643. The lowest BCUT2D eigenvalue weighted by Crippen LogP contribution is -2.32. The van der Waals surface area contributed by atoms with Crippen molar-refractivity contribution in [3.8, 4) is 0 Å². The molecule has 0 aliphatic rings. The number of rotatable bonds is 6. The Labute approximate surface area is 146 Å². The fourth-order valence-corrected chi connectivity index (χ4v) is 3.31. The molecule has 0 aliphatic carbocycles. The van der Waals surface area contributed by atoms with Crippen molar-refractivity contribution in [2.75, 3.05) is 6.54 Å². The van der Waals surface area contributed by atoms with Crippen LogP contribution in [0.2, 0.25) is 0 Å². The van der Waals surface area contributed by atoms with E-state index in [4.69, 9.17) is 4.42 Å². The van der Waals surface area contributed by atoms with E-state index < -0.39 is 0 Å². The summed E-state index contributed by atoms with van der Waals surface area (Å²) in [5.74, 6) is 0.0656. The molecule has 3 aromatic rings. The molecule has 0 radical (unpaired) electrons. The fraction of sp³-hybridized carbons (Fsp3) is 0.250. The molecule has 0 aliphatic heterocycles. The van der Waals surface area contributed by atoms with Gasteiger partial charge in [0, 0.05) is 29.1 Å². The van der Waals surface area contributed by atoms with Crippen molar-refractivity contribution >= 4 is 17.2 Å². The number of benzene rings is 1. The maximum absolute atomic E-state index is 13.0. The molecule has 0 unspecified atom stereocenters. The highest BCUT2D eigenvalue weighted by Gasteiger charge is 2.17. The fourth-order valence-electron chi connectivity index (χ4n) is 2.61. The highest BCUT2D eigenvalue weighted by molar-refractivity contribution is 7.09. The third-order valence-corrected chi connectivity index (χ3v) is 5.14. The molecule has 4 heteroatoms. The number of aryl methyl sites for hydroxylation is 2. The Balaban J connectivity index is 1.79. The van der Waals surface area contributed by atoms with Crippen LogP contribution in [0.5, 0.6) is 0 Å². The van der Waals surface area contributed by atoms with Gasteiger partial charge in [0.25, 0.3) is 5.91 Å². The topological polar surface area (TPSA) is 33.5 Å². The van der Waals surface area contributed by atoms with Gasteiger partial charge in [0.15, 0.2) is 0 Å². The van der Waals surface area contributed by atoms with Gasteiger partial charge in [-0.2, -0.15) is 0 Å². The summed E-state index contributed by atoms with van der Waals surface area (Å²) < 4.78 is 5.15. The van der Waals surface area contributed by atoms with Gasteiger partial charge in [0.05, 0.1) is 12.5 Å². The van der Waals surface area contributed by atoms with Crippen LogP contribution in [0.25, 0.3) is 0 Å². The summed E-state index contributed by atoms with van der Waals surface area (Å²) in [6.07, 6.45) is 4.21. The van der Waals surface area contributed by atoms with Crippen LogP contribution >= 0.6 is 11.3 Å².